The van der Waals surface area contributed by atoms with E-state index < -0.39 is 5.82 Å². The fourth-order valence-electron chi connectivity index (χ4n) is 1.46. The molecule has 0 bridgehead atoms. The molecule has 0 amide bonds. The highest BCUT2D eigenvalue weighted by Crippen LogP contribution is 2.25. The smallest absolute Gasteiger partial charge is 0.261 e. The number of nitrogens with zero attached hydrogens (tertiary/aromatic N) is 2. The summed E-state index contributed by atoms with van der Waals surface area (Å²) in [5, 5.41) is 4.39. The summed E-state index contributed by atoms with van der Waals surface area (Å²) in [5.74, 6) is 0.980. The Morgan fingerprint density at radius 2 is 2.26 bits per heavy atom. The van der Waals surface area contributed by atoms with Gasteiger partial charge in [0.15, 0.2) is 5.82 Å². The van der Waals surface area contributed by atoms with Crippen LogP contribution < -0.4 is 5.73 Å². The number of hydrogen-bond acceptors (Lipinski definition) is 5. The van der Waals surface area contributed by atoms with Gasteiger partial charge in [0.25, 0.3) is 5.89 Å². The van der Waals surface area contributed by atoms with Gasteiger partial charge in [-0.1, -0.05) is 19.0 Å². The minimum Gasteiger partial charge on any atom is -0.399 e. The minimum atomic E-state index is -0.418. The molecule has 0 spiro atoms. The van der Waals surface area contributed by atoms with Crippen molar-refractivity contribution >= 4 is 17.4 Å². The predicted molar refractivity (Wildman–Crippen MR) is 75.2 cm³/mol. The van der Waals surface area contributed by atoms with Crippen LogP contribution in [0, 0.1) is 5.82 Å². The first-order valence-corrected chi connectivity index (χ1v) is 7.14. The molecule has 2 N–H and O–H groups in total. The van der Waals surface area contributed by atoms with Crippen molar-refractivity contribution in [3.63, 3.8) is 0 Å². The van der Waals surface area contributed by atoms with E-state index in [4.69, 9.17) is 10.3 Å². The normalized spacial score (nSPS) is 12.6. The van der Waals surface area contributed by atoms with Crippen LogP contribution >= 0.6 is 11.8 Å². The Bertz CT molecular complexity index is 559. The van der Waals surface area contributed by atoms with Crippen molar-refractivity contribution in [2.45, 2.75) is 31.3 Å². The maximum absolute atomic E-state index is 13.6. The van der Waals surface area contributed by atoms with Crippen molar-refractivity contribution < 1.29 is 8.91 Å². The van der Waals surface area contributed by atoms with Crippen LogP contribution in [0.3, 0.4) is 0 Å². The Morgan fingerprint density at radius 3 is 3.00 bits per heavy atom. The summed E-state index contributed by atoms with van der Waals surface area (Å²) in [7, 11) is 0. The molecule has 1 unspecified atom stereocenters. The molecular weight excluding hydrogens is 265 g/mol. The zero-order chi connectivity index (χ0) is 13.8. The second-order valence-corrected chi connectivity index (χ2v) is 5.71. The lowest BCUT2D eigenvalue weighted by molar-refractivity contribution is 0.423. The first kappa shape index (κ1) is 13.9. The van der Waals surface area contributed by atoms with Gasteiger partial charge < -0.3 is 10.3 Å². The highest BCUT2D eigenvalue weighted by atomic mass is 32.2. The summed E-state index contributed by atoms with van der Waals surface area (Å²) >= 11 is 1.74. The highest BCUT2D eigenvalue weighted by molar-refractivity contribution is 7.99. The van der Waals surface area contributed by atoms with Crippen LogP contribution in [0.1, 0.15) is 26.1 Å². The number of anilines is 1. The minimum absolute atomic E-state index is 0.171. The molecule has 2 rings (SSSR count). The van der Waals surface area contributed by atoms with Crippen LogP contribution in [-0.4, -0.2) is 15.4 Å². The Balaban J connectivity index is 2.14. The van der Waals surface area contributed by atoms with E-state index in [2.05, 4.69) is 24.0 Å². The Labute approximate surface area is 115 Å². The molecule has 0 saturated heterocycles. The quantitative estimate of drug-likeness (QED) is 0.850. The van der Waals surface area contributed by atoms with Crippen LogP contribution in [0.2, 0.25) is 0 Å². The van der Waals surface area contributed by atoms with Crippen LogP contribution in [0.5, 0.6) is 0 Å². The number of aromatic nitrogens is 2. The van der Waals surface area contributed by atoms with Gasteiger partial charge in [-0.15, -0.1) is 0 Å². The van der Waals surface area contributed by atoms with Gasteiger partial charge in [-0.2, -0.15) is 16.7 Å². The van der Waals surface area contributed by atoms with E-state index in [0.29, 0.717) is 22.5 Å². The van der Waals surface area contributed by atoms with Gasteiger partial charge in [-0.05, 0) is 24.6 Å². The van der Waals surface area contributed by atoms with E-state index in [-0.39, 0.29) is 11.5 Å². The summed E-state index contributed by atoms with van der Waals surface area (Å²) in [6.45, 7) is 4.27. The summed E-state index contributed by atoms with van der Waals surface area (Å²) in [5.41, 5.74) is 6.33. The van der Waals surface area contributed by atoms with E-state index in [9.17, 15) is 4.39 Å². The van der Waals surface area contributed by atoms with E-state index in [1.165, 1.54) is 18.2 Å². The van der Waals surface area contributed by atoms with E-state index in [1.54, 1.807) is 11.8 Å². The van der Waals surface area contributed by atoms with Crippen LogP contribution in [0.15, 0.2) is 22.7 Å². The van der Waals surface area contributed by atoms with Gasteiger partial charge in [0.1, 0.15) is 5.82 Å². The van der Waals surface area contributed by atoms with E-state index in [0.717, 1.165) is 6.42 Å². The average molecular weight is 281 g/mol. The van der Waals surface area contributed by atoms with Gasteiger partial charge in [-0.3, -0.25) is 0 Å². The molecule has 0 aliphatic heterocycles. The molecule has 2 aromatic rings. The topological polar surface area (TPSA) is 64.9 Å². The molecule has 1 heterocycles. The zero-order valence-corrected chi connectivity index (χ0v) is 11.7. The van der Waals surface area contributed by atoms with Gasteiger partial charge in [-0.25, -0.2) is 4.39 Å². The summed E-state index contributed by atoms with van der Waals surface area (Å²) in [4.78, 5) is 4.19. The van der Waals surface area contributed by atoms with Crippen molar-refractivity contribution in [2.75, 3.05) is 5.73 Å². The van der Waals surface area contributed by atoms with Crippen molar-refractivity contribution in [3.8, 4) is 11.5 Å². The lowest BCUT2D eigenvalue weighted by Crippen LogP contribution is -1.95. The molecule has 1 atom stereocenters. The lowest BCUT2D eigenvalue weighted by Gasteiger charge is -2.04. The molecular formula is C13H16FN3OS. The molecule has 0 aliphatic rings. The Hall–Kier alpha value is -1.56. The highest BCUT2D eigenvalue weighted by Gasteiger charge is 2.14. The summed E-state index contributed by atoms with van der Waals surface area (Å²) in [6.07, 6.45) is 1.08. The number of thioether (sulfide) groups is 1. The third-order valence-corrected chi connectivity index (χ3v) is 4.09. The van der Waals surface area contributed by atoms with Gasteiger partial charge in [0.2, 0.25) is 0 Å². The molecule has 102 valence electrons. The SMILES string of the molecule is CCC(C)SCc1noc(-c2cc(N)ccc2F)n1. The largest absolute Gasteiger partial charge is 0.399 e. The zero-order valence-electron chi connectivity index (χ0n) is 10.9. The number of halogens is 1. The molecule has 0 aliphatic carbocycles. The first-order chi connectivity index (χ1) is 9.10. The molecule has 4 nitrogen and oxygen atoms in total. The molecule has 19 heavy (non-hydrogen) atoms. The van der Waals surface area contributed by atoms with E-state index in [1.807, 2.05) is 0 Å². The number of rotatable bonds is 5. The maximum Gasteiger partial charge on any atom is 0.261 e. The number of benzene rings is 1. The van der Waals surface area contributed by atoms with E-state index >= 15 is 0 Å². The monoisotopic (exact) mass is 281 g/mol. The third-order valence-electron chi connectivity index (χ3n) is 2.76. The maximum atomic E-state index is 13.6. The average Bonchev–Trinajstić information content (AvgIpc) is 2.87. The van der Waals surface area contributed by atoms with Gasteiger partial charge in [0, 0.05) is 10.9 Å². The second kappa shape index (κ2) is 6.06. The standard InChI is InChI=1S/C13H16FN3OS/c1-3-8(2)19-7-12-16-13(18-17-12)10-6-9(15)4-5-11(10)14/h4-6,8H,3,7,15H2,1-2H3. The molecule has 1 aromatic heterocycles. The fourth-order valence-corrected chi connectivity index (χ4v) is 2.25. The Morgan fingerprint density at radius 1 is 1.47 bits per heavy atom. The van der Waals surface area contributed by atoms with Gasteiger partial charge in [0.05, 0.1) is 11.3 Å². The molecule has 1 aromatic carbocycles. The van der Waals surface area contributed by atoms with Crippen LogP contribution in [-0.2, 0) is 5.75 Å². The molecule has 0 saturated carbocycles. The second-order valence-electron chi connectivity index (χ2n) is 4.28. The summed E-state index contributed by atoms with van der Waals surface area (Å²) in [6, 6.07) is 4.28. The molecule has 6 heteroatoms. The van der Waals surface area contributed by atoms with Crippen LogP contribution in [0.4, 0.5) is 10.1 Å². The fraction of sp³-hybridized carbons (Fsp3) is 0.385. The Kier molecular flexibility index (Phi) is 4.42. The molecule has 0 fully saturated rings. The van der Waals surface area contributed by atoms with Crippen molar-refractivity contribution in [1.29, 1.82) is 0 Å². The number of nitrogens with two attached hydrogens (primary N) is 1. The van der Waals surface area contributed by atoms with Crippen molar-refractivity contribution in [1.82, 2.24) is 10.1 Å². The third kappa shape index (κ3) is 3.47. The lowest BCUT2D eigenvalue weighted by atomic mass is 10.2. The van der Waals surface area contributed by atoms with Crippen molar-refractivity contribution in [3.05, 3.63) is 29.8 Å². The number of nitrogen functional groups attached to an aromatic ring is 1. The van der Waals surface area contributed by atoms with Crippen LogP contribution in [0.25, 0.3) is 11.5 Å². The predicted octanol–water partition coefficient (Wildman–Crippen LogP) is 3.49. The molecule has 0 radical (unpaired) electrons. The summed E-state index contributed by atoms with van der Waals surface area (Å²) < 4.78 is 18.7. The first-order valence-electron chi connectivity index (χ1n) is 6.09. The van der Waals surface area contributed by atoms with Crippen molar-refractivity contribution in [2.24, 2.45) is 0 Å². The number of hydrogen-bond donors (Lipinski definition) is 1. The van der Waals surface area contributed by atoms with Gasteiger partial charge >= 0.3 is 0 Å².